The van der Waals surface area contributed by atoms with Gasteiger partial charge < -0.3 is 0 Å². The van der Waals surface area contributed by atoms with Crippen molar-refractivity contribution in [1.29, 1.82) is 0 Å². The number of halogens is 1. The van der Waals surface area contributed by atoms with Gasteiger partial charge >= 0.3 is 0 Å². The van der Waals surface area contributed by atoms with Crippen LogP contribution < -0.4 is 0 Å². The lowest BCUT2D eigenvalue weighted by Gasteiger charge is -2.01. The largest absolute Gasteiger partial charge is 0.295 e. The summed E-state index contributed by atoms with van der Waals surface area (Å²) in [4.78, 5) is 14.1. The summed E-state index contributed by atoms with van der Waals surface area (Å²) >= 11 is 0. The highest BCUT2D eigenvalue weighted by Crippen LogP contribution is 2.27. The van der Waals surface area contributed by atoms with Crippen LogP contribution in [-0.4, -0.2) is 9.91 Å². The quantitative estimate of drug-likeness (QED) is 0.595. The molecule has 0 N–H and O–H groups in total. The number of hydrogen-bond acceptors (Lipinski definition) is 3. The van der Waals surface area contributed by atoms with E-state index in [9.17, 15) is 10.1 Å². The van der Waals surface area contributed by atoms with Crippen LogP contribution in [0.15, 0.2) is 48.8 Å². The van der Waals surface area contributed by atoms with E-state index in [0.29, 0.717) is 5.56 Å². The first-order valence-corrected chi connectivity index (χ1v) is 4.43. The van der Waals surface area contributed by atoms with Crippen molar-refractivity contribution in [3.8, 4) is 11.1 Å². The molecular weight excluding hydrogens is 228 g/mol. The Morgan fingerprint density at radius 2 is 1.81 bits per heavy atom. The van der Waals surface area contributed by atoms with E-state index in [4.69, 9.17) is 0 Å². The van der Waals surface area contributed by atoms with Gasteiger partial charge in [0, 0.05) is 6.20 Å². The molecule has 0 fully saturated rings. The summed E-state index contributed by atoms with van der Waals surface area (Å²) < 4.78 is 0. The van der Waals surface area contributed by atoms with Gasteiger partial charge in [-0.1, -0.05) is 30.3 Å². The lowest BCUT2D eigenvalue weighted by Crippen LogP contribution is -1.92. The van der Waals surface area contributed by atoms with E-state index in [2.05, 4.69) is 4.98 Å². The van der Waals surface area contributed by atoms with Crippen molar-refractivity contribution < 1.29 is 4.92 Å². The third kappa shape index (κ3) is 2.35. The van der Waals surface area contributed by atoms with Gasteiger partial charge in [-0.05, 0) is 11.6 Å². The first-order valence-electron chi connectivity index (χ1n) is 4.43. The van der Waals surface area contributed by atoms with Crippen molar-refractivity contribution in [1.82, 2.24) is 4.98 Å². The summed E-state index contributed by atoms with van der Waals surface area (Å²) in [5.74, 6) is 0. The number of benzene rings is 1. The average Bonchev–Trinajstić information content (AvgIpc) is 2.30. The van der Waals surface area contributed by atoms with Gasteiger partial charge in [-0.3, -0.25) is 15.1 Å². The summed E-state index contributed by atoms with van der Waals surface area (Å²) in [6.45, 7) is 0. The molecule has 0 saturated heterocycles. The third-order valence-corrected chi connectivity index (χ3v) is 2.08. The fourth-order valence-corrected chi connectivity index (χ4v) is 1.39. The molecule has 0 atom stereocenters. The van der Waals surface area contributed by atoms with Crippen LogP contribution in [0.2, 0.25) is 0 Å². The maximum atomic E-state index is 10.8. The minimum Gasteiger partial charge on any atom is -0.258 e. The molecule has 5 heteroatoms. The summed E-state index contributed by atoms with van der Waals surface area (Å²) in [5, 5.41) is 10.8. The minimum atomic E-state index is -0.421. The maximum absolute atomic E-state index is 10.8. The fourth-order valence-electron chi connectivity index (χ4n) is 1.39. The molecule has 1 heterocycles. The zero-order chi connectivity index (χ0) is 10.7. The minimum absolute atomic E-state index is 0. The van der Waals surface area contributed by atoms with Crippen LogP contribution in [-0.2, 0) is 0 Å². The van der Waals surface area contributed by atoms with Crippen molar-refractivity contribution in [3.05, 3.63) is 58.9 Å². The Morgan fingerprint density at radius 1 is 1.12 bits per heavy atom. The number of pyridine rings is 1. The smallest absolute Gasteiger partial charge is 0.258 e. The van der Waals surface area contributed by atoms with Crippen molar-refractivity contribution in [2.24, 2.45) is 0 Å². The Morgan fingerprint density at radius 3 is 2.44 bits per heavy atom. The molecular formula is C11H9ClN2O2. The van der Waals surface area contributed by atoms with Crippen LogP contribution in [0, 0.1) is 10.1 Å². The Kier molecular flexibility index (Phi) is 3.96. The van der Waals surface area contributed by atoms with E-state index in [1.807, 2.05) is 30.3 Å². The molecule has 0 amide bonds. The zero-order valence-corrected chi connectivity index (χ0v) is 9.05. The Labute approximate surface area is 98.5 Å². The van der Waals surface area contributed by atoms with Crippen LogP contribution in [0.1, 0.15) is 0 Å². The molecule has 4 nitrogen and oxygen atoms in total. The van der Waals surface area contributed by atoms with Crippen LogP contribution in [0.3, 0.4) is 0 Å². The molecule has 1 aromatic carbocycles. The molecule has 82 valence electrons. The molecule has 0 bridgehead atoms. The van der Waals surface area contributed by atoms with Gasteiger partial charge in [0.15, 0.2) is 0 Å². The van der Waals surface area contributed by atoms with Gasteiger partial charge in [-0.15, -0.1) is 12.4 Å². The summed E-state index contributed by atoms with van der Waals surface area (Å²) in [5.41, 5.74) is 1.45. The molecule has 16 heavy (non-hydrogen) atoms. The zero-order valence-electron chi connectivity index (χ0n) is 8.24. The second-order valence-electron chi connectivity index (χ2n) is 3.02. The second-order valence-corrected chi connectivity index (χ2v) is 3.02. The lowest BCUT2D eigenvalue weighted by atomic mass is 10.1. The van der Waals surface area contributed by atoms with Crippen molar-refractivity contribution in [3.63, 3.8) is 0 Å². The molecule has 0 aliphatic carbocycles. The predicted octanol–water partition coefficient (Wildman–Crippen LogP) is 3.08. The van der Waals surface area contributed by atoms with Gasteiger partial charge in [0.2, 0.25) is 0 Å². The number of rotatable bonds is 2. The topological polar surface area (TPSA) is 56.0 Å². The molecule has 0 radical (unpaired) electrons. The summed E-state index contributed by atoms with van der Waals surface area (Å²) in [7, 11) is 0. The van der Waals surface area contributed by atoms with Crippen LogP contribution in [0.25, 0.3) is 11.1 Å². The standard InChI is InChI=1S/C11H8N2O2.ClH/c14-13(15)11-8-12-7-6-10(11)9-4-2-1-3-5-9;/h1-8H;1H. The molecule has 0 aliphatic rings. The van der Waals surface area contributed by atoms with E-state index in [-0.39, 0.29) is 18.1 Å². The van der Waals surface area contributed by atoms with E-state index >= 15 is 0 Å². The van der Waals surface area contributed by atoms with Crippen molar-refractivity contribution in [2.75, 3.05) is 0 Å². The second kappa shape index (κ2) is 5.23. The number of nitro groups is 1. The highest BCUT2D eigenvalue weighted by Gasteiger charge is 2.13. The molecule has 2 rings (SSSR count). The number of hydrogen-bond donors (Lipinski definition) is 0. The van der Waals surface area contributed by atoms with Crippen LogP contribution in [0.4, 0.5) is 5.69 Å². The number of nitrogens with zero attached hydrogens (tertiary/aromatic N) is 2. The molecule has 2 aromatic rings. The van der Waals surface area contributed by atoms with Gasteiger partial charge in [-0.2, -0.15) is 0 Å². The van der Waals surface area contributed by atoms with Gasteiger partial charge in [-0.25, -0.2) is 0 Å². The van der Waals surface area contributed by atoms with E-state index in [1.165, 1.54) is 6.20 Å². The molecule has 0 aliphatic heterocycles. The highest BCUT2D eigenvalue weighted by molar-refractivity contribution is 5.85. The molecule has 0 unspecified atom stereocenters. The van der Waals surface area contributed by atoms with Gasteiger partial charge in [0.25, 0.3) is 5.69 Å². The lowest BCUT2D eigenvalue weighted by molar-refractivity contribution is -0.384. The maximum Gasteiger partial charge on any atom is 0.295 e. The Balaban J connectivity index is 0.00000128. The first kappa shape index (κ1) is 12.1. The van der Waals surface area contributed by atoms with E-state index in [0.717, 1.165) is 5.56 Å². The van der Waals surface area contributed by atoms with Crippen molar-refractivity contribution in [2.45, 2.75) is 0 Å². The van der Waals surface area contributed by atoms with Gasteiger partial charge in [0.05, 0.1) is 10.5 Å². The molecule has 1 aromatic heterocycles. The SMILES string of the molecule is Cl.O=[N+]([O-])c1cnccc1-c1ccccc1. The highest BCUT2D eigenvalue weighted by atomic mass is 35.5. The van der Waals surface area contributed by atoms with E-state index < -0.39 is 4.92 Å². The van der Waals surface area contributed by atoms with Gasteiger partial charge in [0.1, 0.15) is 6.20 Å². The van der Waals surface area contributed by atoms with Crippen LogP contribution in [0.5, 0.6) is 0 Å². The third-order valence-electron chi connectivity index (χ3n) is 2.08. The molecule has 0 saturated carbocycles. The monoisotopic (exact) mass is 236 g/mol. The fraction of sp³-hybridized carbons (Fsp3) is 0. The predicted molar refractivity (Wildman–Crippen MR) is 63.6 cm³/mol. The Hall–Kier alpha value is -1.94. The van der Waals surface area contributed by atoms with E-state index in [1.54, 1.807) is 12.3 Å². The average molecular weight is 237 g/mol. The Bertz CT molecular complexity index is 488. The van der Waals surface area contributed by atoms with Crippen molar-refractivity contribution >= 4 is 18.1 Å². The molecule has 0 spiro atoms. The summed E-state index contributed by atoms with van der Waals surface area (Å²) in [6.07, 6.45) is 2.82. The number of aromatic nitrogens is 1. The first-order chi connectivity index (χ1) is 7.29. The normalized spacial score (nSPS) is 9.25. The summed E-state index contributed by atoms with van der Waals surface area (Å²) in [6, 6.07) is 10.9. The van der Waals surface area contributed by atoms with Crippen LogP contribution >= 0.6 is 12.4 Å².